The smallest absolute Gasteiger partial charge is 0.138 e. The summed E-state index contributed by atoms with van der Waals surface area (Å²) >= 11 is 0. The Balaban J connectivity index is 3.99. The molecule has 0 saturated heterocycles. The molecular weight excluding hydrogens is 148 g/mol. The van der Waals surface area contributed by atoms with Gasteiger partial charge in [-0.25, -0.2) is 0 Å². The highest BCUT2D eigenvalue weighted by Gasteiger charge is 2.18. The lowest BCUT2D eigenvalue weighted by Gasteiger charge is -2.15. The average Bonchev–Trinajstić information content (AvgIpc) is 2.03. The Labute approximate surface area is 76.6 Å². The van der Waals surface area contributed by atoms with Crippen LogP contribution in [0.15, 0.2) is 0 Å². The van der Waals surface area contributed by atoms with E-state index >= 15 is 0 Å². The molecule has 0 saturated carbocycles. The van der Waals surface area contributed by atoms with Gasteiger partial charge in [0.25, 0.3) is 0 Å². The molecule has 0 aromatic rings. The molecule has 0 aliphatic carbocycles. The van der Waals surface area contributed by atoms with Crippen LogP contribution in [0.3, 0.4) is 0 Å². The standard InChI is InChI=1S/C11H22O/c1-5-7-10(8-6-2)11(12)9(3)4/h9-10H,5-8H2,1-4H3. The number of ketones is 1. The van der Waals surface area contributed by atoms with E-state index in [0.29, 0.717) is 11.7 Å². The maximum Gasteiger partial charge on any atom is 0.138 e. The Kier molecular flexibility index (Phi) is 6.04. The van der Waals surface area contributed by atoms with Gasteiger partial charge in [0.2, 0.25) is 0 Å². The van der Waals surface area contributed by atoms with E-state index in [9.17, 15) is 4.79 Å². The molecular formula is C11H22O. The summed E-state index contributed by atoms with van der Waals surface area (Å²) in [5.74, 6) is 1.01. The highest BCUT2D eigenvalue weighted by molar-refractivity contribution is 5.82. The van der Waals surface area contributed by atoms with E-state index in [-0.39, 0.29) is 5.92 Å². The molecule has 1 heteroatoms. The van der Waals surface area contributed by atoms with Crippen molar-refractivity contribution in [3.05, 3.63) is 0 Å². The fourth-order valence-electron chi connectivity index (χ4n) is 1.60. The first-order chi connectivity index (χ1) is 5.63. The second-order valence-corrected chi connectivity index (χ2v) is 3.83. The molecule has 0 unspecified atom stereocenters. The van der Waals surface area contributed by atoms with E-state index in [0.717, 1.165) is 25.7 Å². The fraction of sp³-hybridized carbons (Fsp3) is 0.909. The van der Waals surface area contributed by atoms with Crippen molar-refractivity contribution in [3.8, 4) is 0 Å². The normalized spacial score (nSPS) is 11.2. The van der Waals surface area contributed by atoms with Crippen LogP contribution in [0.1, 0.15) is 53.4 Å². The lowest BCUT2D eigenvalue weighted by molar-refractivity contribution is -0.126. The van der Waals surface area contributed by atoms with Gasteiger partial charge in [-0.3, -0.25) is 4.79 Å². The molecule has 0 aromatic carbocycles. The molecule has 0 aromatic heterocycles. The minimum absolute atomic E-state index is 0.216. The predicted molar refractivity (Wildman–Crippen MR) is 53.2 cm³/mol. The van der Waals surface area contributed by atoms with Gasteiger partial charge < -0.3 is 0 Å². The molecule has 0 N–H and O–H groups in total. The highest BCUT2D eigenvalue weighted by Crippen LogP contribution is 2.18. The van der Waals surface area contributed by atoms with Crippen LogP contribution >= 0.6 is 0 Å². The van der Waals surface area contributed by atoms with Gasteiger partial charge in [-0.1, -0.05) is 40.5 Å². The van der Waals surface area contributed by atoms with Crippen molar-refractivity contribution in [2.24, 2.45) is 11.8 Å². The summed E-state index contributed by atoms with van der Waals surface area (Å²) in [6.07, 6.45) is 4.40. The summed E-state index contributed by atoms with van der Waals surface area (Å²) in [5, 5.41) is 0. The Morgan fingerprint density at radius 2 is 1.50 bits per heavy atom. The third-order valence-electron chi connectivity index (χ3n) is 2.25. The Bertz CT molecular complexity index is 121. The number of carbonyl (C=O) groups is 1. The van der Waals surface area contributed by atoms with Crippen molar-refractivity contribution in [3.63, 3.8) is 0 Å². The van der Waals surface area contributed by atoms with Crippen LogP contribution < -0.4 is 0 Å². The van der Waals surface area contributed by atoms with Gasteiger partial charge in [0, 0.05) is 11.8 Å². The van der Waals surface area contributed by atoms with Crippen LogP contribution in [0.25, 0.3) is 0 Å². The number of rotatable bonds is 6. The minimum atomic E-state index is 0.216. The zero-order valence-electron chi connectivity index (χ0n) is 8.89. The van der Waals surface area contributed by atoms with E-state index in [1.54, 1.807) is 0 Å². The first-order valence-electron chi connectivity index (χ1n) is 5.17. The first kappa shape index (κ1) is 11.7. The van der Waals surface area contributed by atoms with Crippen molar-refractivity contribution < 1.29 is 4.79 Å². The topological polar surface area (TPSA) is 17.1 Å². The van der Waals surface area contributed by atoms with Gasteiger partial charge in [0.1, 0.15) is 5.78 Å². The van der Waals surface area contributed by atoms with Gasteiger partial charge >= 0.3 is 0 Å². The Morgan fingerprint density at radius 3 is 1.75 bits per heavy atom. The number of carbonyl (C=O) groups excluding carboxylic acids is 1. The van der Waals surface area contributed by atoms with Gasteiger partial charge in [-0.05, 0) is 12.8 Å². The molecule has 0 spiro atoms. The largest absolute Gasteiger partial charge is 0.299 e. The molecule has 0 bridgehead atoms. The van der Waals surface area contributed by atoms with Crippen LogP contribution in [-0.2, 0) is 4.79 Å². The SMILES string of the molecule is CCCC(CCC)C(=O)C(C)C. The molecule has 0 fully saturated rings. The summed E-state index contributed by atoms with van der Waals surface area (Å²) in [6.45, 7) is 8.30. The molecule has 0 aliphatic rings. The maximum absolute atomic E-state index is 11.6. The molecule has 1 nitrogen and oxygen atoms in total. The molecule has 72 valence electrons. The highest BCUT2D eigenvalue weighted by atomic mass is 16.1. The lowest BCUT2D eigenvalue weighted by atomic mass is 9.88. The van der Waals surface area contributed by atoms with Crippen molar-refractivity contribution >= 4 is 5.78 Å². The van der Waals surface area contributed by atoms with Gasteiger partial charge in [0.15, 0.2) is 0 Å². The molecule has 0 heterocycles. The second-order valence-electron chi connectivity index (χ2n) is 3.83. The molecule has 0 radical (unpaired) electrons. The molecule has 0 aliphatic heterocycles. The van der Waals surface area contributed by atoms with Crippen molar-refractivity contribution in [2.45, 2.75) is 53.4 Å². The van der Waals surface area contributed by atoms with Gasteiger partial charge in [-0.15, -0.1) is 0 Å². The molecule has 12 heavy (non-hydrogen) atoms. The van der Waals surface area contributed by atoms with E-state index in [1.807, 2.05) is 13.8 Å². The van der Waals surface area contributed by atoms with E-state index in [1.165, 1.54) is 0 Å². The summed E-state index contributed by atoms with van der Waals surface area (Å²) in [5.41, 5.74) is 0. The zero-order valence-corrected chi connectivity index (χ0v) is 8.89. The number of Topliss-reactive ketones (excluding diaryl/α,β-unsaturated/α-hetero) is 1. The molecule has 0 amide bonds. The quantitative estimate of drug-likeness (QED) is 0.597. The van der Waals surface area contributed by atoms with Gasteiger partial charge in [-0.2, -0.15) is 0 Å². The van der Waals surface area contributed by atoms with Crippen LogP contribution in [0.2, 0.25) is 0 Å². The number of hydrogen-bond donors (Lipinski definition) is 0. The van der Waals surface area contributed by atoms with E-state index in [4.69, 9.17) is 0 Å². The summed E-state index contributed by atoms with van der Waals surface area (Å²) in [7, 11) is 0. The van der Waals surface area contributed by atoms with Crippen molar-refractivity contribution in [1.82, 2.24) is 0 Å². The van der Waals surface area contributed by atoms with Crippen molar-refractivity contribution in [1.29, 1.82) is 0 Å². The fourth-order valence-corrected chi connectivity index (χ4v) is 1.60. The van der Waals surface area contributed by atoms with E-state index in [2.05, 4.69) is 13.8 Å². The Hall–Kier alpha value is -0.330. The number of hydrogen-bond acceptors (Lipinski definition) is 1. The average molecular weight is 170 g/mol. The third-order valence-corrected chi connectivity index (χ3v) is 2.25. The summed E-state index contributed by atoms with van der Waals surface area (Å²) in [6, 6.07) is 0. The van der Waals surface area contributed by atoms with Gasteiger partial charge in [0.05, 0.1) is 0 Å². The monoisotopic (exact) mass is 170 g/mol. The van der Waals surface area contributed by atoms with Crippen LogP contribution in [0, 0.1) is 11.8 Å². The lowest BCUT2D eigenvalue weighted by Crippen LogP contribution is -2.19. The van der Waals surface area contributed by atoms with Crippen LogP contribution in [-0.4, -0.2) is 5.78 Å². The second kappa shape index (κ2) is 6.22. The van der Waals surface area contributed by atoms with Crippen molar-refractivity contribution in [2.75, 3.05) is 0 Å². The maximum atomic E-state index is 11.6. The van der Waals surface area contributed by atoms with Crippen LogP contribution in [0.4, 0.5) is 0 Å². The zero-order chi connectivity index (χ0) is 9.56. The summed E-state index contributed by atoms with van der Waals surface area (Å²) in [4.78, 5) is 11.6. The molecule has 0 atom stereocenters. The summed E-state index contributed by atoms with van der Waals surface area (Å²) < 4.78 is 0. The van der Waals surface area contributed by atoms with E-state index < -0.39 is 0 Å². The first-order valence-corrected chi connectivity index (χ1v) is 5.17. The minimum Gasteiger partial charge on any atom is -0.299 e. The predicted octanol–water partition coefficient (Wildman–Crippen LogP) is 3.43. The Morgan fingerprint density at radius 1 is 1.08 bits per heavy atom. The third kappa shape index (κ3) is 3.89. The molecule has 0 rings (SSSR count). The van der Waals surface area contributed by atoms with Crippen LogP contribution in [0.5, 0.6) is 0 Å².